The van der Waals surface area contributed by atoms with E-state index in [0.717, 1.165) is 24.2 Å². The van der Waals surface area contributed by atoms with E-state index >= 15 is 0 Å². The quantitative estimate of drug-likeness (QED) is 0.918. The SMILES string of the molecule is O=C(NC1CCN(C(=O)c2ccco2)CC1)[C@@H]1COc2ccccc2C1. The minimum atomic E-state index is -0.160. The number of piperidine rings is 1. The van der Waals surface area contributed by atoms with Crippen molar-refractivity contribution in [2.24, 2.45) is 5.92 Å². The van der Waals surface area contributed by atoms with Gasteiger partial charge in [-0.1, -0.05) is 18.2 Å². The van der Waals surface area contributed by atoms with Gasteiger partial charge < -0.3 is 19.4 Å². The number of benzene rings is 1. The van der Waals surface area contributed by atoms with Crippen molar-refractivity contribution in [1.82, 2.24) is 10.2 Å². The minimum Gasteiger partial charge on any atom is -0.492 e. The topological polar surface area (TPSA) is 71.8 Å². The molecule has 1 aromatic heterocycles. The Morgan fingerprint density at radius 2 is 1.88 bits per heavy atom. The van der Waals surface area contributed by atoms with Crippen LogP contribution in [-0.4, -0.2) is 42.5 Å². The van der Waals surface area contributed by atoms with Crippen LogP contribution in [0.1, 0.15) is 29.0 Å². The van der Waals surface area contributed by atoms with E-state index in [1.54, 1.807) is 17.0 Å². The van der Waals surface area contributed by atoms with Crippen LogP contribution in [0.2, 0.25) is 0 Å². The summed E-state index contributed by atoms with van der Waals surface area (Å²) in [5.41, 5.74) is 1.08. The first kappa shape index (κ1) is 16.7. The van der Waals surface area contributed by atoms with Gasteiger partial charge in [-0.15, -0.1) is 0 Å². The summed E-state index contributed by atoms with van der Waals surface area (Å²) in [6, 6.07) is 11.3. The Morgan fingerprint density at radius 3 is 2.65 bits per heavy atom. The van der Waals surface area contributed by atoms with Crippen LogP contribution in [0.5, 0.6) is 5.75 Å². The molecule has 1 aromatic carbocycles. The Labute approximate surface area is 152 Å². The molecule has 136 valence electrons. The fraction of sp³-hybridized carbons (Fsp3) is 0.400. The van der Waals surface area contributed by atoms with Gasteiger partial charge in [-0.05, 0) is 43.0 Å². The van der Waals surface area contributed by atoms with Gasteiger partial charge in [0.15, 0.2) is 5.76 Å². The summed E-state index contributed by atoms with van der Waals surface area (Å²) in [5, 5.41) is 3.13. The van der Waals surface area contributed by atoms with Gasteiger partial charge in [0.05, 0.1) is 12.2 Å². The maximum atomic E-state index is 12.6. The molecular formula is C20H22N2O4. The molecule has 3 heterocycles. The third-order valence-corrected chi connectivity index (χ3v) is 5.11. The second-order valence-electron chi connectivity index (χ2n) is 6.87. The number of amides is 2. The van der Waals surface area contributed by atoms with Crippen molar-refractivity contribution in [1.29, 1.82) is 0 Å². The molecule has 2 amide bonds. The van der Waals surface area contributed by atoms with Crippen molar-refractivity contribution >= 4 is 11.8 Å². The van der Waals surface area contributed by atoms with Crippen LogP contribution in [0.15, 0.2) is 47.1 Å². The second kappa shape index (κ2) is 7.23. The van der Waals surface area contributed by atoms with Gasteiger partial charge in [0, 0.05) is 19.1 Å². The maximum absolute atomic E-state index is 12.6. The summed E-state index contributed by atoms with van der Waals surface area (Å²) in [5.74, 6) is 1.03. The molecule has 0 bridgehead atoms. The number of hydrogen-bond donors (Lipinski definition) is 1. The number of rotatable bonds is 3. The third-order valence-electron chi connectivity index (χ3n) is 5.11. The number of hydrogen-bond acceptors (Lipinski definition) is 4. The number of likely N-dealkylation sites (tertiary alicyclic amines) is 1. The number of furan rings is 1. The lowest BCUT2D eigenvalue weighted by molar-refractivity contribution is -0.127. The summed E-state index contributed by atoms with van der Waals surface area (Å²) in [4.78, 5) is 26.7. The lowest BCUT2D eigenvalue weighted by atomic mass is 9.95. The predicted molar refractivity (Wildman–Crippen MR) is 94.9 cm³/mol. The third kappa shape index (κ3) is 3.45. The largest absolute Gasteiger partial charge is 0.492 e. The molecule has 0 spiro atoms. The van der Waals surface area contributed by atoms with Crippen molar-refractivity contribution in [3.05, 3.63) is 54.0 Å². The van der Waals surface area contributed by atoms with E-state index in [2.05, 4.69) is 5.32 Å². The van der Waals surface area contributed by atoms with Crippen molar-refractivity contribution in [2.45, 2.75) is 25.3 Å². The highest BCUT2D eigenvalue weighted by Gasteiger charge is 2.30. The average Bonchev–Trinajstić information content (AvgIpc) is 3.22. The number of para-hydroxylation sites is 1. The molecule has 0 saturated carbocycles. The molecule has 2 aliphatic rings. The summed E-state index contributed by atoms with van der Waals surface area (Å²) in [6.45, 7) is 1.65. The lowest BCUT2D eigenvalue weighted by Crippen LogP contribution is -2.49. The van der Waals surface area contributed by atoms with Gasteiger partial charge in [0.25, 0.3) is 5.91 Å². The summed E-state index contributed by atoms with van der Waals surface area (Å²) >= 11 is 0. The molecule has 1 N–H and O–H groups in total. The van der Waals surface area contributed by atoms with E-state index in [4.69, 9.17) is 9.15 Å². The van der Waals surface area contributed by atoms with E-state index < -0.39 is 0 Å². The first-order valence-corrected chi connectivity index (χ1v) is 9.04. The highest BCUT2D eigenvalue weighted by molar-refractivity contribution is 5.91. The van der Waals surface area contributed by atoms with Crippen LogP contribution in [0.3, 0.4) is 0 Å². The van der Waals surface area contributed by atoms with Crippen molar-refractivity contribution in [3.63, 3.8) is 0 Å². The zero-order valence-corrected chi connectivity index (χ0v) is 14.5. The molecule has 0 aliphatic carbocycles. The summed E-state index contributed by atoms with van der Waals surface area (Å²) in [6.07, 6.45) is 3.72. The molecule has 1 saturated heterocycles. The van der Waals surface area contributed by atoms with Gasteiger partial charge >= 0.3 is 0 Å². The number of carbonyl (C=O) groups excluding carboxylic acids is 2. The van der Waals surface area contributed by atoms with Crippen LogP contribution in [0.25, 0.3) is 0 Å². The summed E-state index contributed by atoms with van der Waals surface area (Å²) < 4.78 is 10.9. The molecule has 1 fully saturated rings. The van der Waals surface area contributed by atoms with Gasteiger partial charge in [-0.3, -0.25) is 9.59 Å². The predicted octanol–water partition coefficient (Wildman–Crippen LogP) is 2.25. The van der Waals surface area contributed by atoms with Crippen molar-refractivity contribution in [3.8, 4) is 5.75 Å². The van der Waals surface area contributed by atoms with Crippen LogP contribution in [0, 0.1) is 5.92 Å². The Hall–Kier alpha value is -2.76. The minimum absolute atomic E-state index is 0.0373. The van der Waals surface area contributed by atoms with Crippen LogP contribution in [0.4, 0.5) is 0 Å². The Bertz CT molecular complexity index is 779. The maximum Gasteiger partial charge on any atom is 0.289 e. The monoisotopic (exact) mass is 354 g/mol. The summed E-state index contributed by atoms with van der Waals surface area (Å²) in [7, 11) is 0. The highest BCUT2D eigenvalue weighted by Crippen LogP contribution is 2.27. The highest BCUT2D eigenvalue weighted by atomic mass is 16.5. The van der Waals surface area contributed by atoms with Gasteiger partial charge in [-0.2, -0.15) is 0 Å². The van der Waals surface area contributed by atoms with E-state index in [1.165, 1.54) is 6.26 Å². The molecule has 2 aliphatic heterocycles. The zero-order valence-electron chi connectivity index (χ0n) is 14.5. The standard InChI is InChI=1S/C20H22N2O4/c23-19(15-12-14-4-1-2-5-17(14)26-13-15)21-16-7-9-22(10-8-16)20(24)18-6-3-11-25-18/h1-6,11,15-16H,7-10,12-13H2,(H,21,23)/t15-/m0/s1. The Morgan fingerprint density at radius 1 is 1.08 bits per heavy atom. The van der Waals surface area contributed by atoms with E-state index in [1.807, 2.05) is 24.3 Å². The van der Waals surface area contributed by atoms with Gasteiger partial charge in [0.1, 0.15) is 12.4 Å². The van der Waals surface area contributed by atoms with Gasteiger partial charge in [-0.25, -0.2) is 0 Å². The smallest absolute Gasteiger partial charge is 0.289 e. The fourth-order valence-electron chi connectivity index (χ4n) is 3.60. The molecular weight excluding hydrogens is 332 g/mol. The number of carbonyl (C=O) groups is 2. The van der Waals surface area contributed by atoms with Crippen molar-refractivity contribution < 1.29 is 18.7 Å². The zero-order chi connectivity index (χ0) is 17.9. The number of nitrogens with one attached hydrogen (secondary N) is 1. The molecule has 26 heavy (non-hydrogen) atoms. The first-order valence-electron chi connectivity index (χ1n) is 9.04. The normalized spacial score (nSPS) is 20.2. The van der Waals surface area contributed by atoms with Gasteiger partial charge in [0.2, 0.25) is 5.91 Å². The van der Waals surface area contributed by atoms with Crippen LogP contribution in [-0.2, 0) is 11.2 Å². The molecule has 6 heteroatoms. The number of fused-ring (bicyclic) bond motifs is 1. The molecule has 1 atom stereocenters. The first-order chi connectivity index (χ1) is 12.7. The fourth-order valence-corrected chi connectivity index (χ4v) is 3.60. The molecule has 4 rings (SSSR count). The van der Waals surface area contributed by atoms with Crippen molar-refractivity contribution in [2.75, 3.05) is 19.7 Å². The second-order valence-corrected chi connectivity index (χ2v) is 6.87. The molecule has 0 unspecified atom stereocenters. The number of nitrogens with zero attached hydrogens (tertiary/aromatic N) is 1. The number of ether oxygens (including phenoxy) is 1. The Balaban J connectivity index is 1.28. The average molecular weight is 354 g/mol. The van der Waals surface area contributed by atoms with E-state index in [0.29, 0.717) is 31.9 Å². The molecule has 0 radical (unpaired) electrons. The molecule has 6 nitrogen and oxygen atoms in total. The van der Waals surface area contributed by atoms with E-state index in [9.17, 15) is 9.59 Å². The lowest BCUT2D eigenvalue weighted by Gasteiger charge is -2.33. The Kier molecular flexibility index (Phi) is 4.65. The van der Waals surface area contributed by atoms with E-state index in [-0.39, 0.29) is 23.8 Å². The van der Waals surface area contributed by atoms with Crippen LogP contribution < -0.4 is 10.1 Å². The van der Waals surface area contributed by atoms with Crippen LogP contribution >= 0.6 is 0 Å². The molecule has 2 aromatic rings.